The van der Waals surface area contributed by atoms with Crippen molar-refractivity contribution in [1.82, 2.24) is 0 Å². The molecular weight excluding hydrogens is 272 g/mol. The summed E-state index contributed by atoms with van der Waals surface area (Å²) in [6.45, 7) is 4.55. The molecule has 0 saturated heterocycles. The molecule has 1 aliphatic heterocycles. The average molecular weight is 281 g/mol. The van der Waals surface area contributed by atoms with Gasteiger partial charge in [0.25, 0.3) is 0 Å². The topological polar surface area (TPSA) is 9.23 Å². The van der Waals surface area contributed by atoms with Gasteiger partial charge in [-0.1, -0.05) is 18.2 Å². The van der Waals surface area contributed by atoms with E-state index in [-0.39, 0.29) is 0 Å². The van der Waals surface area contributed by atoms with Crippen molar-refractivity contribution in [2.75, 3.05) is 6.61 Å². The third kappa shape index (κ3) is 1.95. The molecule has 0 spiro atoms. The zero-order valence-electron chi connectivity index (χ0n) is 8.90. The number of halogens is 1. The van der Waals surface area contributed by atoms with Crippen LogP contribution in [-0.2, 0) is 4.74 Å². The zero-order valence-corrected chi connectivity index (χ0v) is 11.3. The van der Waals surface area contributed by atoms with Gasteiger partial charge in [0.2, 0.25) is 0 Å². The maximum atomic E-state index is 5.98. The van der Waals surface area contributed by atoms with Gasteiger partial charge < -0.3 is 4.74 Å². The number of rotatable bonds is 2. The van der Waals surface area contributed by atoms with Gasteiger partial charge in [-0.05, 0) is 34.5 Å². The molecule has 3 rings (SSSR count). The third-order valence-electron chi connectivity index (χ3n) is 2.65. The lowest BCUT2D eigenvalue weighted by Crippen LogP contribution is -1.84. The summed E-state index contributed by atoms with van der Waals surface area (Å²) >= 11 is 9.24. The van der Waals surface area contributed by atoms with Crippen molar-refractivity contribution < 1.29 is 4.74 Å². The summed E-state index contributed by atoms with van der Waals surface area (Å²) in [6.07, 6.45) is 0. The molecule has 0 fully saturated rings. The molecule has 0 amide bonds. The molecule has 0 N–H and O–H groups in total. The lowest BCUT2D eigenvalue weighted by Gasteiger charge is -2.01. The monoisotopic (exact) mass is 280 g/mol. The quantitative estimate of drug-likeness (QED) is 0.759. The van der Waals surface area contributed by atoms with Crippen molar-refractivity contribution in [2.24, 2.45) is 0 Å². The van der Waals surface area contributed by atoms with E-state index < -0.39 is 0 Å². The van der Waals surface area contributed by atoms with Crippen LogP contribution in [0.15, 0.2) is 41.3 Å². The van der Waals surface area contributed by atoms with Crippen LogP contribution >= 0.6 is 34.3 Å². The van der Waals surface area contributed by atoms with Crippen LogP contribution in [0.4, 0.5) is 0 Å². The Morgan fingerprint density at radius 1 is 1.29 bits per heavy atom. The van der Waals surface area contributed by atoms with Crippen molar-refractivity contribution in [2.45, 2.75) is 0 Å². The van der Waals surface area contributed by atoms with Crippen LogP contribution in [0.3, 0.4) is 0 Å². The summed E-state index contributed by atoms with van der Waals surface area (Å²) in [6, 6.07) is 6.05. The maximum Gasteiger partial charge on any atom is 0.120 e. The molecule has 0 unspecified atom stereocenters. The Bertz CT molecular complexity index is 593. The fraction of sp³-hybridized carbons (Fsp3) is 0.0769. The molecule has 0 atom stereocenters. The Labute approximate surface area is 113 Å². The highest BCUT2D eigenvalue weighted by Gasteiger charge is 2.23. The van der Waals surface area contributed by atoms with Gasteiger partial charge in [0.1, 0.15) is 12.4 Å². The molecule has 0 radical (unpaired) electrons. The molecule has 0 aliphatic carbocycles. The maximum absolute atomic E-state index is 5.98. The largest absolute Gasteiger partial charge is 0.489 e. The average Bonchev–Trinajstić information content (AvgIpc) is 2.97. The number of hydrogen-bond acceptors (Lipinski definition) is 3. The minimum absolute atomic E-state index is 0.584. The van der Waals surface area contributed by atoms with E-state index >= 15 is 0 Å². The normalized spacial score (nSPS) is 15.5. The predicted molar refractivity (Wildman–Crippen MR) is 75.6 cm³/mol. The number of allylic oxidation sites excluding steroid dienone is 1. The summed E-state index contributed by atoms with van der Waals surface area (Å²) in [5.74, 6) is 0.753. The van der Waals surface area contributed by atoms with Crippen molar-refractivity contribution in [1.29, 1.82) is 0 Å². The first-order valence-electron chi connectivity index (χ1n) is 5.09. The van der Waals surface area contributed by atoms with Crippen LogP contribution in [0.5, 0.6) is 0 Å². The van der Waals surface area contributed by atoms with E-state index in [1.54, 1.807) is 22.7 Å². The fourth-order valence-corrected chi connectivity index (χ4v) is 3.61. The van der Waals surface area contributed by atoms with Gasteiger partial charge in [0.15, 0.2) is 0 Å². The lowest BCUT2D eigenvalue weighted by molar-refractivity contribution is 0.287. The van der Waals surface area contributed by atoms with E-state index in [1.807, 2.05) is 12.1 Å². The molecule has 1 aliphatic rings. The Kier molecular flexibility index (Phi) is 2.82. The summed E-state index contributed by atoms with van der Waals surface area (Å²) in [5, 5.41) is 4.18. The van der Waals surface area contributed by atoms with Gasteiger partial charge in [0, 0.05) is 16.0 Å². The number of ether oxygens (including phenoxy) is 1. The zero-order chi connectivity index (χ0) is 11.8. The van der Waals surface area contributed by atoms with Crippen LogP contribution in [0.1, 0.15) is 10.4 Å². The van der Waals surface area contributed by atoms with Gasteiger partial charge >= 0.3 is 0 Å². The van der Waals surface area contributed by atoms with Crippen molar-refractivity contribution >= 4 is 45.4 Å². The molecule has 4 heteroatoms. The molecular formula is C13H9ClOS2. The van der Waals surface area contributed by atoms with E-state index in [0.717, 1.165) is 20.5 Å². The molecule has 1 nitrogen and oxygen atoms in total. The standard InChI is InChI=1S/C13H9ClOS2/c1-8-13(9-4-5-16-7-9)10(6-15-8)11-2-3-12(14)17-11/h2-5,7H,1,6H2. The van der Waals surface area contributed by atoms with E-state index in [0.29, 0.717) is 6.61 Å². The van der Waals surface area contributed by atoms with E-state index in [9.17, 15) is 0 Å². The van der Waals surface area contributed by atoms with Crippen LogP contribution in [0.25, 0.3) is 11.1 Å². The molecule has 0 bridgehead atoms. The van der Waals surface area contributed by atoms with E-state index in [2.05, 4.69) is 23.4 Å². The first-order valence-corrected chi connectivity index (χ1v) is 7.23. The van der Waals surface area contributed by atoms with Crippen molar-refractivity contribution in [3.05, 3.63) is 56.1 Å². The second-order valence-electron chi connectivity index (χ2n) is 3.68. The van der Waals surface area contributed by atoms with Crippen LogP contribution < -0.4 is 0 Å². The van der Waals surface area contributed by atoms with E-state index in [4.69, 9.17) is 16.3 Å². The van der Waals surface area contributed by atoms with Crippen LogP contribution in [-0.4, -0.2) is 6.61 Å². The van der Waals surface area contributed by atoms with Crippen molar-refractivity contribution in [3.63, 3.8) is 0 Å². The Balaban J connectivity index is 2.15. The minimum Gasteiger partial charge on any atom is -0.489 e. The predicted octanol–water partition coefficient (Wildman–Crippen LogP) is 4.92. The minimum atomic E-state index is 0.584. The van der Waals surface area contributed by atoms with Crippen molar-refractivity contribution in [3.8, 4) is 0 Å². The van der Waals surface area contributed by atoms with Crippen LogP contribution in [0.2, 0.25) is 4.34 Å². The molecule has 2 aromatic rings. The molecule has 0 aromatic carbocycles. The summed E-state index contributed by atoms with van der Waals surface area (Å²) in [7, 11) is 0. The highest BCUT2D eigenvalue weighted by molar-refractivity contribution is 7.17. The highest BCUT2D eigenvalue weighted by Crippen LogP contribution is 2.41. The summed E-state index contributed by atoms with van der Waals surface area (Å²) in [5.41, 5.74) is 3.48. The Morgan fingerprint density at radius 3 is 2.82 bits per heavy atom. The summed E-state index contributed by atoms with van der Waals surface area (Å²) < 4.78 is 6.37. The molecule has 86 valence electrons. The fourth-order valence-electron chi connectivity index (χ4n) is 1.88. The Morgan fingerprint density at radius 2 is 2.18 bits per heavy atom. The molecule has 2 aromatic heterocycles. The first-order chi connectivity index (χ1) is 8.25. The van der Waals surface area contributed by atoms with Gasteiger partial charge in [-0.2, -0.15) is 11.3 Å². The van der Waals surface area contributed by atoms with Gasteiger partial charge in [-0.25, -0.2) is 0 Å². The third-order valence-corrected chi connectivity index (χ3v) is 4.63. The smallest absolute Gasteiger partial charge is 0.120 e. The highest BCUT2D eigenvalue weighted by atomic mass is 35.5. The molecule has 3 heterocycles. The van der Waals surface area contributed by atoms with Gasteiger partial charge in [0.05, 0.1) is 4.34 Å². The van der Waals surface area contributed by atoms with Crippen LogP contribution in [0, 0.1) is 0 Å². The lowest BCUT2D eigenvalue weighted by atomic mass is 10.0. The second-order valence-corrected chi connectivity index (χ2v) is 6.18. The molecule has 17 heavy (non-hydrogen) atoms. The number of thiophene rings is 2. The summed E-state index contributed by atoms with van der Waals surface area (Å²) in [4.78, 5) is 1.16. The second kappa shape index (κ2) is 4.33. The first kappa shape index (κ1) is 11.1. The van der Waals surface area contributed by atoms with Gasteiger partial charge in [-0.15, -0.1) is 11.3 Å². The van der Waals surface area contributed by atoms with E-state index in [1.165, 1.54) is 11.1 Å². The molecule has 0 saturated carbocycles. The Hall–Kier alpha value is -1.03. The number of hydrogen-bond donors (Lipinski definition) is 0. The SMILES string of the molecule is C=C1OCC(c2ccc(Cl)s2)=C1c1ccsc1. The van der Waals surface area contributed by atoms with Gasteiger partial charge in [-0.3, -0.25) is 0 Å².